The molecule has 1 aromatic heterocycles. The number of fused-ring (bicyclic) bond motifs is 1. The van der Waals surface area contributed by atoms with Gasteiger partial charge >= 0.3 is 0 Å². The minimum Gasteiger partial charge on any atom is -0.347 e. The van der Waals surface area contributed by atoms with Gasteiger partial charge in [-0.2, -0.15) is 0 Å². The Bertz CT molecular complexity index is 588. The highest BCUT2D eigenvalue weighted by atomic mass is 16.1. The first kappa shape index (κ1) is 12.6. The number of H-pyrrole nitrogens is 1. The van der Waals surface area contributed by atoms with Crippen LogP contribution in [0.25, 0.3) is 11.0 Å². The molecule has 0 bridgehead atoms. The normalized spacial score (nSPS) is 14.4. The standard InChI is InChI=1S/C14H19N3O/c1-5-14(4,17-10(3)18)11-6-7-12-13(8-11)16-9(2)15-12/h6-8H,5H2,1-4H3,(H,15,16)(H,17,18). The Balaban J connectivity index is 2.47. The number of carbonyl (C=O) groups is 1. The third-order valence-corrected chi connectivity index (χ3v) is 3.40. The average Bonchev–Trinajstić information content (AvgIpc) is 2.66. The van der Waals surface area contributed by atoms with E-state index in [2.05, 4.69) is 22.2 Å². The Morgan fingerprint density at radius 3 is 2.83 bits per heavy atom. The van der Waals surface area contributed by atoms with Gasteiger partial charge in [0.25, 0.3) is 0 Å². The zero-order chi connectivity index (χ0) is 13.3. The summed E-state index contributed by atoms with van der Waals surface area (Å²) in [5.41, 5.74) is 2.71. The molecule has 0 saturated heterocycles. The van der Waals surface area contributed by atoms with Gasteiger partial charge < -0.3 is 10.3 Å². The summed E-state index contributed by atoms with van der Waals surface area (Å²) < 4.78 is 0. The zero-order valence-corrected chi connectivity index (χ0v) is 11.3. The van der Waals surface area contributed by atoms with E-state index in [0.29, 0.717) is 0 Å². The number of aromatic nitrogens is 2. The van der Waals surface area contributed by atoms with Gasteiger partial charge in [0, 0.05) is 6.92 Å². The van der Waals surface area contributed by atoms with Crippen molar-refractivity contribution in [3.63, 3.8) is 0 Å². The molecule has 1 heterocycles. The molecule has 0 radical (unpaired) electrons. The van der Waals surface area contributed by atoms with Crippen LogP contribution in [-0.4, -0.2) is 15.9 Å². The molecule has 1 atom stereocenters. The molecule has 0 aliphatic heterocycles. The maximum Gasteiger partial charge on any atom is 0.217 e. The van der Waals surface area contributed by atoms with Crippen LogP contribution in [0.1, 0.15) is 38.6 Å². The Kier molecular flexibility index (Phi) is 3.11. The number of benzene rings is 1. The van der Waals surface area contributed by atoms with E-state index >= 15 is 0 Å². The second-order valence-corrected chi connectivity index (χ2v) is 4.92. The summed E-state index contributed by atoms with van der Waals surface area (Å²) in [5.74, 6) is 0.887. The van der Waals surface area contributed by atoms with Crippen molar-refractivity contribution in [1.82, 2.24) is 15.3 Å². The highest BCUT2D eigenvalue weighted by Gasteiger charge is 2.25. The minimum absolute atomic E-state index is 0.0161. The number of hydrogen-bond donors (Lipinski definition) is 2. The van der Waals surface area contributed by atoms with Crippen LogP contribution in [0, 0.1) is 6.92 Å². The number of aromatic amines is 1. The van der Waals surface area contributed by atoms with Crippen molar-refractivity contribution < 1.29 is 4.79 Å². The topological polar surface area (TPSA) is 57.8 Å². The molecule has 0 aliphatic rings. The van der Waals surface area contributed by atoms with Gasteiger partial charge in [0.2, 0.25) is 5.91 Å². The van der Waals surface area contributed by atoms with Gasteiger partial charge in [0.05, 0.1) is 16.6 Å². The largest absolute Gasteiger partial charge is 0.347 e. The molecule has 0 aliphatic carbocycles. The molecule has 4 heteroatoms. The number of imidazole rings is 1. The van der Waals surface area contributed by atoms with Crippen LogP contribution in [0.3, 0.4) is 0 Å². The van der Waals surface area contributed by atoms with Crippen molar-refractivity contribution in [2.24, 2.45) is 0 Å². The first-order chi connectivity index (χ1) is 8.44. The zero-order valence-electron chi connectivity index (χ0n) is 11.3. The number of rotatable bonds is 3. The maximum absolute atomic E-state index is 11.3. The lowest BCUT2D eigenvalue weighted by Gasteiger charge is -2.29. The van der Waals surface area contributed by atoms with Gasteiger partial charge in [0.15, 0.2) is 0 Å². The SMILES string of the molecule is CCC(C)(NC(C)=O)c1ccc2[nH]c(C)nc2c1. The summed E-state index contributed by atoms with van der Waals surface area (Å²) in [6, 6.07) is 6.10. The highest BCUT2D eigenvalue weighted by molar-refractivity contribution is 5.77. The Hall–Kier alpha value is -1.84. The van der Waals surface area contributed by atoms with Gasteiger partial charge in [-0.25, -0.2) is 4.98 Å². The lowest BCUT2D eigenvalue weighted by molar-refractivity contribution is -0.120. The molecular weight excluding hydrogens is 226 g/mol. The lowest BCUT2D eigenvalue weighted by Crippen LogP contribution is -2.41. The number of hydrogen-bond acceptors (Lipinski definition) is 2. The van der Waals surface area contributed by atoms with Gasteiger partial charge in [-0.1, -0.05) is 13.0 Å². The predicted molar refractivity (Wildman–Crippen MR) is 72.3 cm³/mol. The van der Waals surface area contributed by atoms with Crippen LogP contribution in [0.15, 0.2) is 18.2 Å². The number of aryl methyl sites for hydroxylation is 1. The summed E-state index contributed by atoms with van der Waals surface area (Å²) in [5, 5.41) is 3.02. The van der Waals surface area contributed by atoms with Crippen LogP contribution in [0.2, 0.25) is 0 Å². The predicted octanol–water partition coefficient (Wildman–Crippen LogP) is 2.63. The van der Waals surface area contributed by atoms with Crippen molar-refractivity contribution in [1.29, 1.82) is 0 Å². The molecule has 4 nitrogen and oxygen atoms in total. The first-order valence-electron chi connectivity index (χ1n) is 6.20. The van der Waals surface area contributed by atoms with Crippen LogP contribution in [0.5, 0.6) is 0 Å². The van der Waals surface area contributed by atoms with E-state index in [1.165, 1.54) is 0 Å². The second-order valence-electron chi connectivity index (χ2n) is 4.92. The van der Waals surface area contributed by atoms with Crippen molar-refractivity contribution in [2.75, 3.05) is 0 Å². The van der Waals surface area contributed by atoms with E-state index in [9.17, 15) is 4.79 Å². The fourth-order valence-corrected chi connectivity index (χ4v) is 2.23. The molecule has 0 spiro atoms. The molecule has 1 unspecified atom stereocenters. The van der Waals surface area contributed by atoms with Crippen LogP contribution in [0.4, 0.5) is 0 Å². The fourth-order valence-electron chi connectivity index (χ4n) is 2.23. The average molecular weight is 245 g/mol. The van der Waals surface area contributed by atoms with Crippen molar-refractivity contribution in [3.05, 3.63) is 29.6 Å². The smallest absolute Gasteiger partial charge is 0.217 e. The van der Waals surface area contributed by atoms with Crippen LogP contribution in [-0.2, 0) is 10.3 Å². The monoisotopic (exact) mass is 245 g/mol. The molecule has 1 aromatic carbocycles. The molecule has 1 amide bonds. The number of amides is 1. The third kappa shape index (κ3) is 2.23. The Labute approximate surface area is 107 Å². The van der Waals surface area contributed by atoms with Gasteiger partial charge in [-0.15, -0.1) is 0 Å². The second kappa shape index (κ2) is 4.44. The highest BCUT2D eigenvalue weighted by Crippen LogP contribution is 2.27. The number of nitrogens with zero attached hydrogens (tertiary/aromatic N) is 1. The summed E-state index contributed by atoms with van der Waals surface area (Å²) in [6.45, 7) is 7.59. The summed E-state index contributed by atoms with van der Waals surface area (Å²) in [6.07, 6.45) is 0.835. The summed E-state index contributed by atoms with van der Waals surface area (Å²) in [7, 11) is 0. The van der Waals surface area contributed by atoms with E-state index in [1.54, 1.807) is 6.92 Å². The van der Waals surface area contributed by atoms with E-state index < -0.39 is 0 Å². The Morgan fingerprint density at radius 1 is 1.50 bits per heavy atom. The van der Waals surface area contributed by atoms with Crippen LogP contribution >= 0.6 is 0 Å². The third-order valence-electron chi connectivity index (χ3n) is 3.40. The molecular formula is C14H19N3O. The van der Waals surface area contributed by atoms with Gasteiger partial charge in [-0.05, 0) is 38.0 Å². The van der Waals surface area contributed by atoms with Crippen molar-refractivity contribution in [3.8, 4) is 0 Å². The van der Waals surface area contributed by atoms with E-state index in [1.807, 2.05) is 32.0 Å². The molecule has 96 valence electrons. The molecule has 0 fully saturated rings. The maximum atomic E-state index is 11.3. The first-order valence-corrected chi connectivity index (χ1v) is 6.20. The van der Waals surface area contributed by atoms with Crippen molar-refractivity contribution >= 4 is 16.9 Å². The van der Waals surface area contributed by atoms with E-state index in [0.717, 1.165) is 28.8 Å². The quantitative estimate of drug-likeness (QED) is 0.873. The fraction of sp³-hybridized carbons (Fsp3) is 0.429. The molecule has 18 heavy (non-hydrogen) atoms. The minimum atomic E-state index is -0.340. The van der Waals surface area contributed by atoms with E-state index in [4.69, 9.17) is 0 Å². The van der Waals surface area contributed by atoms with Gasteiger partial charge in [-0.3, -0.25) is 4.79 Å². The Morgan fingerprint density at radius 2 is 2.22 bits per heavy atom. The molecule has 2 rings (SSSR count). The van der Waals surface area contributed by atoms with E-state index in [-0.39, 0.29) is 11.4 Å². The number of nitrogens with one attached hydrogen (secondary N) is 2. The van der Waals surface area contributed by atoms with Crippen LogP contribution < -0.4 is 5.32 Å². The lowest BCUT2D eigenvalue weighted by atomic mass is 9.89. The number of carbonyl (C=O) groups excluding carboxylic acids is 1. The molecule has 2 aromatic rings. The molecule has 0 saturated carbocycles. The van der Waals surface area contributed by atoms with Crippen molar-refractivity contribution in [2.45, 2.75) is 39.7 Å². The summed E-state index contributed by atoms with van der Waals surface area (Å²) in [4.78, 5) is 19.0. The molecule has 2 N–H and O–H groups in total. The summed E-state index contributed by atoms with van der Waals surface area (Å²) >= 11 is 0. The van der Waals surface area contributed by atoms with Gasteiger partial charge in [0.1, 0.15) is 5.82 Å².